The monoisotopic (exact) mass is 308 g/mol. The van der Waals surface area contributed by atoms with Crippen molar-refractivity contribution in [3.8, 4) is 0 Å². The van der Waals surface area contributed by atoms with Crippen LogP contribution in [0.3, 0.4) is 0 Å². The van der Waals surface area contributed by atoms with Crippen molar-refractivity contribution in [3.63, 3.8) is 0 Å². The van der Waals surface area contributed by atoms with E-state index in [1.165, 1.54) is 0 Å². The smallest absolute Gasteiger partial charge is 0.0742 e. The lowest BCUT2D eigenvalue weighted by atomic mass is 10.0. The minimum absolute atomic E-state index is 0.203. The second-order valence-electron chi connectivity index (χ2n) is 4.62. The normalized spacial score (nSPS) is 13.0. The van der Waals surface area contributed by atoms with Gasteiger partial charge in [-0.3, -0.25) is 9.67 Å². The van der Waals surface area contributed by atoms with Gasteiger partial charge in [-0.05, 0) is 54.4 Å². The maximum Gasteiger partial charge on any atom is 0.0742 e. The van der Waals surface area contributed by atoms with Gasteiger partial charge in [-0.25, -0.2) is 0 Å². The lowest BCUT2D eigenvalue weighted by Crippen LogP contribution is -2.19. The van der Waals surface area contributed by atoms with Gasteiger partial charge in [0, 0.05) is 17.9 Å². The van der Waals surface area contributed by atoms with E-state index in [1.54, 1.807) is 12.4 Å². The molecule has 96 valence electrons. The maximum atomic E-state index is 6.35. The van der Waals surface area contributed by atoms with Gasteiger partial charge < -0.3 is 5.73 Å². The Morgan fingerprint density at radius 1 is 1.39 bits per heavy atom. The second-order valence-corrected chi connectivity index (χ2v) is 5.48. The van der Waals surface area contributed by atoms with E-state index in [0.717, 1.165) is 21.4 Å². The number of aromatic nitrogens is 3. The van der Waals surface area contributed by atoms with Crippen molar-refractivity contribution >= 4 is 15.9 Å². The van der Waals surface area contributed by atoms with Gasteiger partial charge in [-0.2, -0.15) is 5.10 Å². The molecule has 2 heterocycles. The van der Waals surface area contributed by atoms with Crippen molar-refractivity contribution < 1.29 is 0 Å². The first-order chi connectivity index (χ1) is 8.50. The molecule has 0 aliphatic heterocycles. The van der Waals surface area contributed by atoms with Crippen LogP contribution in [0.2, 0.25) is 0 Å². The highest BCUT2D eigenvalue weighted by molar-refractivity contribution is 9.10. The van der Waals surface area contributed by atoms with Crippen LogP contribution in [-0.2, 0) is 0 Å². The molecule has 0 bridgehead atoms. The number of pyridine rings is 1. The molecule has 1 atom stereocenters. The average molecular weight is 309 g/mol. The first-order valence-corrected chi connectivity index (χ1v) is 6.71. The summed E-state index contributed by atoms with van der Waals surface area (Å²) in [4.78, 5) is 4.19. The van der Waals surface area contributed by atoms with Gasteiger partial charge in [-0.1, -0.05) is 0 Å². The largest absolute Gasteiger partial charge is 0.319 e. The summed E-state index contributed by atoms with van der Waals surface area (Å²) in [6.45, 7) is 6.14. The zero-order valence-electron chi connectivity index (χ0n) is 10.8. The summed E-state index contributed by atoms with van der Waals surface area (Å²) in [6.07, 6.45) is 3.58. The maximum absolute atomic E-state index is 6.35. The average Bonchev–Trinajstić information content (AvgIpc) is 2.70. The van der Waals surface area contributed by atoms with Crippen molar-refractivity contribution in [1.29, 1.82) is 0 Å². The predicted octanol–water partition coefficient (Wildman–Crippen LogP) is 2.98. The predicted molar refractivity (Wildman–Crippen MR) is 75.3 cm³/mol. The van der Waals surface area contributed by atoms with E-state index in [9.17, 15) is 0 Å². The number of hydrogen-bond acceptors (Lipinski definition) is 3. The van der Waals surface area contributed by atoms with E-state index in [-0.39, 0.29) is 12.1 Å². The number of rotatable bonds is 3. The summed E-state index contributed by atoms with van der Waals surface area (Å²) in [6, 6.07) is 4.03. The van der Waals surface area contributed by atoms with Crippen LogP contribution in [0, 0.1) is 6.92 Å². The van der Waals surface area contributed by atoms with Crippen LogP contribution >= 0.6 is 15.9 Å². The van der Waals surface area contributed by atoms with E-state index in [4.69, 9.17) is 5.73 Å². The Kier molecular flexibility index (Phi) is 3.82. The highest BCUT2D eigenvalue weighted by Crippen LogP contribution is 2.28. The lowest BCUT2D eigenvalue weighted by Gasteiger charge is -2.18. The van der Waals surface area contributed by atoms with Crippen molar-refractivity contribution in [3.05, 3.63) is 46.0 Å². The van der Waals surface area contributed by atoms with Crippen LogP contribution in [0.4, 0.5) is 0 Å². The molecule has 2 aromatic rings. The van der Waals surface area contributed by atoms with Crippen molar-refractivity contribution in [2.75, 3.05) is 0 Å². The second kappa shape index (κ2) is 5.20. The van der Waals surface area contributed by atoms with Crippen LogP contribution in [0.5, 0.6) is 0 Å². The van der Waals surface area contributed by atoms with Crippen LogP contribution < -0.4 is 5.73 Å². The Hall–Kier alpha value is -1.20. The summed E-state index contributed by atoms with van der Waals surface area (Å²) < 4.78 is 2.89. The Morgan fingerprint density at radius 3 is 2.72 bits per heavy atom. The van der Waals surface area contributed by atoms with E-state index < -0.39 is 0 Å². The van der Waals surface area contributed by atoms with Gasteiger partial charge in [-0.15, -0.1) is 0 Å². The van der Waals surface area contributed by atoms with Gasteiger partial charge in [0.1, 0.15) is 0 Å². The quantitative estimate of drug-likeness (QED) is 0.948. The van der Waals surface area contributed by atoms with Crippen LogP contribution in [-0.4, -0.2) is 14.8 Å². The number of nitrogens with zero attached hydrogens (tertiary/aromatic N) is 3. The SMILES string of the molecule is Cc1cc(C(N)c2c(Br)cnn2C(C)C)ccn1. The molecule has 0 aliphatic carbocycles. The molecule has 18 heavy (non-hydrogen) atoms. The number of aryl methyl sites for hydroxylation is 1. The molecule has 0 spiro atoms. The third kappa shape index (κ3) is 2.47. The first kappa shape index (κ1) is 13.2. The Labute approximate surface area is 115 Å². The zero-order chi connectivity index (χ0) is 13.3. The molecule has 0 fully saturated rings. The molecule has 0 amide bonds. The summed E-state index contributed by atoms with van der Waals surface area (Å²) in [5.74, 6) is 0. The summed E-state index contributed by atoms with van der Waals surface area (Å²) >= 11 is 3.52. The van der Waals surface area contributed by atoms with Gasteiger partial charge >= 0.3 is 0 Å². The molecular weight excluding hydrogens is 292 g/mol. The summed E-state index contributed by atoms with van der Waals surface area (Å²) in [7, 11) is 0. The summed E-state index contributed by atoms with van der Waals surface area (Å²) in [5.41, 5.74) is 9.36. The fourth-order valence-corrected chi connectivity index (χ4v) is 2.49. The molecule has 4 nitrogen and oxygen atoms in total. The molecule has 5 heteroatoms. The van der Waals surface area contributed by atoms with Crippen LogP contribution in [0.1, 0.15) is 42.9 Å². The van der Waals surface area contributed by atoms with Crippen molar-refractivity contribution in [2.45, 2.75) is 32.9 Å². The molecule has 0 saturated heterocycles. The molecule has 0 saturated carbocycles. The molecule has 0 aliphatic rings. The van der Waals surface area contributed by atoms with Crippen LogP contribution in [0.15, 0.2) is 29.0 Å². The zero-order valence-corrected chi connectivity index (χ0v) is 12.3. The van der Waals surface area contributed by atoms with E-state index in [1.807, 2.05) is 23.7 Å². The fourth-order valence-electron chi connectivity index (χ4n) is 1.97. The standard InChI is InChI=1S/C13H17BrN4/c1-8(2)18-13(11(14)7-17-18)12(15)10-4-5-16-9(3)6-10/h4-8,12H,15H2,1-3H3. The Balaban J connectivity index is 2.45. The molecule has 2 rings (SSSR count). The van der Waals surface area contributed by atoms with Crippen LogP contribution in [0.25, 0.3) is 0 Å². The number of hydrogen-bond donors (Lipinski definition) is 1. The van der Waals surface area contributed by atoms with E-state index >= 15 is 0 Å². The highest BCUT2D eigenvalue weighted by Gasteiger charge is 2.19. The number of nitrogens with two attached hydrogens (primary N) is 1. The van der Waals surface area contributed by atoms with Gasteiger partial charge in [0.2, 0.25) is 0 Å². The molecular formula is C13H17BrN4. The van der Waals surface area contributed by atoms with Gasteiger partial charge in [0.15, 0.2) is 0 Å². The van der Waals surface area contributed by atoms with Gasteiger partial charge in [0.05, 0.1) is 22.4 Å². The minimum Gasteiger partial charge on any atom is -0.319 e. The molecule has 1 unspecified atom stereocenters. The highest BCUT2D eigenvalue weighted by atomic mass is 79.9. The van der Waals surface area contributed by atoms with E-state index in [0.29, 0.717) is 0 Å². The molecule has 0 aromatic carbocycles. The lowest BCUT2D eigenvalue weighted by molar-refractivity contribution is 0.498. The summed E-state index contributed by atoms with van der Waals surface area (Å²) in [5, 5.41) is 4.36. The third-order valence-electron chi connectivity index (χ3n) is 2.85. The van der Waals surface area contributed by atoms with Crippen molar-refractivity contribution in [1.82, 2.24) is 14.8 Å². The molecule has 2 aromatic heterocycles. The first-order valence-electron chi connectivity index (χ1n) is 5.91. The van der Waals surface area contributed by atoms with E-state index in [2.05, 4.69) is 39.9 Å². The van der Waals surface area contributed by atoms with Crippen molar-refractivity contribution in [2.24, 2.45) is 5.73 Å². The molecule has 2 N–H and O–H groups in total. The topological polar surface area (TPSA) is 56.7 Å². The minimum atomic E-state index is -0.203. The molecule has 0 radical (unpaired) electrons. The Bertz CT molecular complexity index is 548. The Morgan fingerprint density at radius 2 is 2.11 bits per heavy atom. The number of halogens is 1. The van der Waals surface area contributed by atoms with Gasteiger partial charge in [0.25, 0.3) is 0 Å². The fraction of sp³-hybridized carbons (Fsp3) is 0.385. The third-order valence-corrected chi connectivity index (χ3v) is 3.46.